The van der Waals surface area contributed by atoms with E-state index >= 15 is 0 Å². The first kappa shape index (κ1) is 16.3. The molecule has 2 atom stereocenters. The van der Waals surface area contributed by atoms with Gasteiger partial charge in [0.05, 0.1) is 17.7 Å². The van der Waals surface area contributed by atoms with Crippen LogP contribution in [0.5, 0.6) is 5.75 Å². The van der Waals surface area contributed by atoms with E-state index < -0.39 is 17.9 Å². The van der Waals surface area contributed by atoms with Crippen LogP contribution in [0.15, 0.2) is 48.5 Å². The summed E-state index contributed by atoms with van der Waals surface area (Å²) in [6.07, 6.45) is 0.573. The number of benzene rings is 2. The number of carbonyl (C=O) groups is 3. The Labute approximate surface area is 150 Å². The topological polar surface area (TPSA) is 75.7 Å². The first-order valence-electron chi connectivity index (χ1n) is 8.55. The molecule has 0 spiro atoms. The van der Waals surface area contributed by atoms with Gasteiger partial charge in [-0.05, 0) is 30.7 Å². The van der Waals surface area contributed by atoms with Gasteiger partial charge in [0.2, 0.25) is 5.91 Å². The number of rotatable bonds is 4. The molecule has 4 rings (SSSR count). The fourth-order valence-electron chi connectivity index (χ4n) is 3.41. The highest BCUT2D eigenvalue weighted by Gasteiger charge is 2.40. The Balaban J connectivity index is 1.39. The molecule has 0 aliphatic carbocycles. The maximum atomic E-state index is 12.5. The molecule has 0 radical (unpaired) electrons. The second-order valence-electron chi connectivity index (χ2n) is 6.50. The predicted octanol–water partition coefficient (Wildman–Crippen LogP) is 1.79. The number of hydrogen-bond acceptors (Lipinski definition) is 4. The van der Waals surface area contributed by atoms with Crippen molar-refractivity contribution in [2.45, 2.75) is 25.5 Å². The Morgan fingerprint density at radius 2 is 1.73 bits per heavy atom. The van der Waals surface area contributed by atoms with Gasteiger partial charge in [-0.25, -0.2) is 0 Å². The third kappa shape index (κ3) is 2.63. The lowest BCUT2D eigenvalue weighted by Gasteiger charge is -2.22. The van der Waals surface area contributed by atoms with Crippen molar-refractivity contribution in [3.05, 3.63) is 65.2 Å². The molecule has 2 unspecified atom stereocenters. The van der Waals surface area contributed by atoms with Crippen LogP contribution < -0.4 is 10.1 Å². The molecule has 0 aromatic heterocycles. The third-order valence-electron chi connectivity index (χ3n) is 4.81. The molecule has 26 heavy (non-hydrogen) atoms. The molecule has 0 bridgehead atoms. The normalized spacial score (nSPS) is 19.0. The van der Waals surface area contributed by atoms with Crippen molar-refractivity contribution in [1.82, 2.24) is 10.2 Å². The zero-order valence-corrected chi connectivity index (χ0v) is 14.3. The average Bonchev–Trinajstić information content (AvgIpc) is 3.18. The summed E-state index contributed by atoms with van der Waals surface area (Å²) in [5.74, 6) is -0.408. The largest absolute Gasteiger partial charge is 0.488 e. The van der Waals surface area contributed by atoms with Crippen molar-refractivity contribution in [3.63, 3.8) is 0 Å². The summed E-state index contributed by atoms with van der Waals surface area (Å²) in [6, 6.07) is 13.5. The molecule has 2 heterocycles. The molecule has 6 heteroatoms. The van der Waals surface area contributed by atoms with Crippen LogP contribution in [0.4, 0.5) is 0 Å². The minimum absolute atomic E-state index is 0.147. The van der Waals surface area contributed by atoms with Gasteiger partial charge in [0.15, 0.2) is 0 Å². The number of carbonyl (C=O) groups excluding carboxylic acids is 3. The Morgan fingerprint density at radius 3 is 2.38 bits per heavy atom. The maximum Gasteiger partial charge on any atom is 0.262 e. The molecular weight excluding hydrogens is 332 g/mol. The van der Waals surface area contributed by atoms with Gasteiger partial charge < -0.3 is 10.1 Å². The van der Waals surface area contributed by atoms with Gasteiger partial charge in [-0.15, -0.1) is 0 Å². The summed E-state index contributed by atoms with van der Waals surface area (Å²) in [7, 11) is 0. The van der Waals surface area contributed by atoms with Gasteiger partial charge in [0, 0.05) is 6.42 Å². The number of nitrogens with one attached hydrogen (secondary N) is 1. The van der Waals surface area contributed by atoms with E-state index in [0.717, 1.165) is 22.6 Å². The van der Waals surface area contributed by atoms with E-state index in [4.69, 9.17) is 4.74 Å². The Morgan fingerprint density at radius 1 is 1.12 bits per heavy atom. The molecule has 0 saturated heterocycles. The lowest BCUT2D eigenvalue weighted by molar-refractivity contribution is -0.124. The molecule has 6 nitrogen and oxygen atoms in total. The van der Waals surface area contributed by atoms with Crippen LogP contribution in [0.3, 0.4) is 0 Å². The molecule has 0 saturated carbocycles. The SMILES string of the molecule is CC(C(=O)NCC1Cc2ccccc2O1)N1C(=O)c2ccccc2C1=O. The van der Waals surface area contributed by atoms with Crippen LogP contribution in [0.25, 0.3) is 0 Å². The zero-order chi connectivity index (χ0) is 18.3. The van der Waals surface area contributed by atoms with Gasteiger partial charge in [0.25, 0.3) is 11.8 Å². The molecule has 132 valence electrons. The van der Waals surface area contributed by atoms with Gasteiger partial charge in [0.1, 0.15) is 17.9 Å². The first-order chi connectivity index (χ1) is 12.6. The van der Waals surface area contributed by atoms with Crippen molar-refractivity contribution in [1.29, 1.82) is 0 Å². The van der Waals surface area contributed by atoms with E-state index in [-0.39, 0.29) is 12.0 Å². The second kappa shape index (κ2) is 6.29. The second-order valence-corrected chi connectivity index (χ2v) is 6.50. The van der Waals surface area contributed by atoms with Crippen molar-refractivity contribution in [3.8, 4) is 5.75 Å². The minimum atomic E-state index is -0.883. The number of fused-ring (bicyclic) bond motifs is 2. The van der Waals surface area contributed by atoms with E-state index in [1.807, 2.05) is 24.3 Å². The Bertz CT molecular complexity index is 848. The van der Waals surface area contributed by atoms with Gasteiger partial charge in [-0.1, -0.05) is 30.3 Å². The van der Waals surface area contributed by atoms with Gasteiger partial charge >= 0.3 is 0 Å². The quantitative estimate of drug-likeness (QED) is 0.853. The fraction of sp³-hybridized carbons (Fsp3) is 0.250. The third-order valence-corrected chi connectivity index (χ3v) is 4.81. The van der Waals surface area contributed by atoms with Crippen LogP contribution in [0.2, 0.25) is 0 Å². The number of amides is 3. The number of para-hydroxylation sites is 1. The van der Waals surface area contributed by atoms with Crippen molar-refractivity contribution in [2.24, 2.45) is 0 Å². The smallest absolute Gasteiger partial charge is 0.262 e. The summed E-state index contributed by atoms with van der Waals surface area (Å²) in [5.41, 5.74) is 1.79. The maximum absolute atomic E-state index is 12.5. The number of hydrogen-bond donors (Lipinski definition) is 1. The van der Waals surface area contributed by atoms with E-state index in [9.17, 15) is 14.4 Å². The van der Waals surface area contributed by atoms with Crippen LogP contribution >= 0.6 is 0 Å². The zero-order valence-electron chi connectivity index (χ0n) is 14.3. The summed E-state index contributed by atoms with van der Waals surface area (Å²) < 4.78 is 5.79. The van der Waals surface area contributed by atoms with Crippen LogP contribution in [0.1, 0.15) is 33.2 Å². The first-order valence-corrected chi connectivity index (χ1v) is 8.55. The van der Waals surface area contributed by atoms with Crippen molar-refractivity contribution < 1.29 is 19.1 Å². The van der Waals surface area contributed by atoms with E-state index in [0.29, 0.717) is 17.7 Å². The lowest BCUT2D eigenvalue weighted by Crippen LogP contribution is -2.49. The van der Waals surface area contributed by atoms with Crippen LogP contribution in [-0.2, 0) is 11.2 Å². The Kier molecular flexibility index (Phi) is 3.95. The number of ether oxygens (including phenoxy) is 1. The lowest BCUT2D eigenvalue weighted by atomic mass is 10.1. The molecule has 2 aliphatic rings. The molecule has 2 aromatic carbocycles. The van der Waals surface area contributed by atoms with Crippen LogP contribution in [-0.4, -0.2) is 41.3 Å². The molecule has 1 N–H and O–H groups in total. The summed E-state index contributed by atoms with van der Waals surface area (Å²) in [5, 5.41) is 2.79. The van der Waals surface area contributed by atoms with E-state index in [2.05, 4.69) is 5.32 Å². The summed E-state index contributed by atoms with van der Waals surface area (Å²) in [4.78, 5) is 38.4. The predicted molar refractivity (Wildman–Crippen MR) is 94.0 cm³/mol. The Hall–Kier alpha value is -3.15. The fourth-order valence-corrected chi connectivity index (χ4v) is 3.41. The molecular formula is C20H18N2O4. The van der Waals surface area contributed by atoms with E-state index in [1.54, 1.807) is 31.2 Å². The van der Waals surface area contributed by atoms with E-state index in [1.165, 1.54) is 0 Å². The van der Waals surface area contributed by atoms with Crippen LogP contribution in [0, 0.1) is 0 Å². The minimum Gasteiger partial charge on any atom is -0.488 e. The monoisotopic (exact) mass is 350 g/mol. The summed E-state index contributed by atoms with van der Waals surface area (Å²) >= 11 is 0. The highest BCUT2D eigenvalue weighted by Crippen LogP contribution is 2.28. The summed E-state index contributed by atoms with van der Waals surface area (Å²) in [6.45, 7) is 1.88. The highest BCUT2D eigenvalue weighted by molar-refractivity contribution is 6.22. The molecule has 2 aliphatic heterocycles. The number of nitrogens with zero attached hydrogens (tertiary/aromatic N) is 1. The average molecular weight is 350 g/mol. The molecule has 0 fully saturated rings. The van der Waals surface area contributed by atoms with Crippen molar-refractivity contribution >= 4 is 17.7 Å². The standard InChI is InChI=1S/C20H18N2O4/c1-12(22-19(24)15-7-3-4-8-16(15)20(22)25)18(23)21-11-14-10-13-6-2-5-9-17(13)26-14/h2-9,12,14H,10-11H2,1H3,(H,21,23). The molecule has 2 aromatic rings. The highest BCUT2D eigenvalue weighted by atomic mass is 16.5. The van der Waals surface area contributed by atoms with Crippen molar-refractivity contribution in [2.75, 3.05) is 6.54 Å². The van der Waals surface area contributed by atoms with Gasteiger partial charge in [-0.2, -0.15) is 0 Å². The van der Waals surface area contributed by atoms with Gasteiger partial charge in [-0.3, -0.25) is 19.3 Å². The number of imide groups is 1. The molecule has 3 amide bonds.